The molecule has 9 nitrogen and oxygen atoms in total. The molecule has 34 heavy (non-hydrogen) atoms. The Balaban J connectivity index is 2.00. The number of aromatic carboxylic acids is 1. The average molecular weight is 502 g/mol. The lowest BCUT2D eigenvalue weighted by atomic mass is 9.92. The van der Waals surface area contributed by atoms with E-state index in [9.17, 15) is 36.3 Å². The first-order valence-electron chi connectivity index (χ1n) is 10.1. The van der Waals surface area contributed by atoms with Crippen LogP contribution in [0, 0.1) is 0 Å². The van der Waals surface area contributed by atoms with Crippen molar-refractivity contribution in [3.8, 4) is 17.0 Å². The van der Waals surface area contributed by atoms with Crippen molar-refractivity contribution >= 4 is 16.1 Å². The molecule has 13 heteroatoms. The Labute approximate surface area is 192 Å². The number of alkyl halides is 3. The maximum atomic E-state index is 13.0. The number of fused-ring (bicyclic) bond motifs is 6. The van der Waals surface area contributed by atoms with Crippen LogP contribution in [-0.4, -0.2) is 42.3 Å². The summed E-state index contributed by atoms with van der Waals surface area (Å²) in [5.74, 6) is -1.92. The number of aromatic nitrogens is 1. The Morgan fingerprint density at radius 3 is 2.53 bits per heavy atom. The summed E-state index contributed by atoms with van der Waals surface area (Å²) in [6, 6.07) is 3.35. The number of pyridine rings is 1. The van der Waals surface area contributed by atoms with E-state index in [4.69, 9.17) is 4.74 Å². The smallest absolute Gasteiger partial charge is 0.477 e. The van der Waals surface area contributed by atoms with E-state index in [1.165, 1.54) is 25.4 Å². The van der Waals surface area contributed by atoms with E-state index in [-0.39, 0.29) is 12.2 Å². The van der Waals surface area contributed by atoms with Crippen molar-refractivity contribution < 1.29 is 40.4 Å². The van der Waals surface area contributed by atoms with Gasteiger partial charge in [0.15, 0.2) is 5.43 Å². The molecular weight excluding hydrogens is 481 g/mol. The predicted molar refractivity (Wildman–Crippen MR) is 114 cm³/mol. The second-order valence-corrected chi connectivity index (χ2v) is 10.3. The lowest BCUT2D eigenvalue weighted by Gasteiger charge is -2.44. The van der Waals surface area contributed by atoms with Gasteiger partial charge < -0.3 is 14.0 Å². The molecule has 0 unspecified atom stereocenters. The first kappa shape index (κ1) is 24.1. The van der Waals surface area contributed by atoms with Crippen LogP contribution in [-0.2, 0) is 21.5 Å². The van der Waals surface area contributed by atoms with Gasteiger partial charge in [-0.2, -0.15) is 21.6 Å². The van der Waals surface area contributed by atoms with E-state index >= 15 is 0 Å². The van der Waals surface area contributed by atoms with E-state index in [0.717, 1.165) is 6.07 Å². The molecule has 4 rings (SSSR count). The zero-order chi connectivity index (χ0) is 25.2. The zero-order valence-corrected chi connectivity index (χ0v) is 19.2. The van der Waals surface area contributed by atoms with E-state index in [1.54, 1.807) is 4.68 Å². The second kappa shape index (κ2) is 7.73. The Morgan fingerprint density at radius 2 is 1.94 bits per heavy atom. The number of benzene rings is 1. The van der Waals surface area contributed by atoms with Gasteiger partial charge in [-0.15, -0.1) is 0 Å². The molecule has 1 saturated heterocycles. The minimum atomic E-state index is -5.94. The number of carboxylic acid groups (broad SMARTS) is 1. The molecule has 1 aromatic carbocycles. The molecule has 3 heterocycles. The van der Waals surface area contributed by atoms with Gasteiger partial charge in [0.1, 0.15) is 11.3 Å². The van der Waals surface area contributed by atoms with Gasteiger partial charge in [0, 0.05) is 30.5 Å². The molecule has 1 N–H and O–H groups in total. The van der Waals surface area contributed by atoms with Crippen LogP contribution in [0.4, 0.5) is 13.2 Å². The first-order valence-corrected chi connectivity index (χ1v) is 11.6. The molecular formula is C21H21F3N2O7S. The average Bonchev–Trinajstić information content (AvgIpc) is 3.03. The van der Waals surface area contributed by atoms with Crippen molar-refractivity contribution in [1.82, 2.24) is 4.68 Å². The van der Waals surface area contributed by atoms with Crippen molar-refractivity contribution in [1.29, 1.82) is 0 Å². The van der Waals surface area contributed by atoms with Gasteiger partial charge in [-0.3, -0.25) is 14.5 Å². The number of nitrogens with zero attached hydrogens (tertiary/aromatic N) is 2. The van der Waals surface area contributed by atoms with Gasteiger partial charge in [0.2, 0.25) is 0 Å². The van der Waals surface area contributed by atoms with Crippen LogP contribution in [0.1, 0.15) is 54.2 Å². The highest BCUT2D eigenvalue weighted by atomic mass is 32.2. The van der Waals surface area contributed by atoms with Crippen molar-refractivity contribution in [2.75, 3.05) is 12.1 Å². The minimum absolute atomic E-state index is 0.0149. The number of hydrogen-bond acceptors (Lipinski definition) is 7. The van der Waals surface area contributed by atoms with E-state index in [1.807, 2.05) is 18.9 Å². The molecule has 0 spiro atoms. The van der Waals surface area contributed by atoms with E-state index < -0.39 is 49.9 Å². The van der Waals surface area contributed by atoms with Gasteiger partial charge >= 0.3 is 21.6 Å². The van der Waals surface area contributed by atoms with Gasteiger partial charge in [-0.1, -0.05) is 0 Å². The predicted octanol–water partition coefficient (Wildman–Crippen LogP) is 3.15. The van der Waals surface area contributed by atoms with Gasteiger partial charge in [0.25, 0.3) is 0 Å². The molecule has 1 atom stereocenters. The SMILES string of the molecule is COCc1cc2c(cc1OS(=O)(=O)C(F)(F)F)[C@H]1CCC(C)(C)N1n1cc(C(=O)O)c(=O)cc1-2. The molecule has 0 amide bonds. The zero-order valence-electron chi connectivity index (χ0n) is 18.3. The van der Waals surface area contributed by atoms with Crippen molar-refractivity contribution in [2.24, 2.45) is 0 Å². The lowest BCUT2D eigenvalue weighted by Crippen LogP contribution is -2.50. The third-order valence-electron chi connectivity index (χ3n) is 6.09. The van der Waals surface area contributed by atoms with Crippen LogP contribution < -0.4 is 14.6 Å². The van der Waals surface area contributed by atoms with Crippen LogP contribution in [0.2, 0.25) is 0 Å². The number of ether oxygens (including phenoxy) is 1. The van der Waals surface area contributed by atoms with Gasteiger partial charge in [-0.05, 0) is 44.4 Å². The van der Waals surface area contributed by atoms with Crippen molar-refractivity contribution in [2.45, 2.75) is 50.4 Å². The van der Waals surface area contributed by atoms with Crippen LogP contribution in [0.25, 0.3) is 11.3 Å². The summed E-state index contributed by atoms with van der Waals surface area (Å²) in [7, 11) is -4.66. The van der Waals surface area contributed by atoms with Crippen LogP contribution >= 0.6 is 0 Å². The minimum Gasteiger partial charge on any atom is -0.477 e. The van der Waals surface area contributed by atoms with Crippen molar-refractivity contribution in [3.05, 3.63) is 51.3 Å². The van der Waals surface area contributed by atoms with Crippen LogP contribution in [0.15, 0.2) is 29.2 Å². The highest BCUT2D eigenvalue weighted by Gasteiger charge is 2.49. The van der Waals surface area contributed by atoms with Crippen molar-refractivity contribution in [3.63, 3.8) is 0 Å². The molecule has 0 radical (unpaired) electrons. The summed E-state index contributed by atoms with van der Waals surface area (Å²) in [4.78, 5) is 24.1. The molecule has 0 aliphatic carbocycles. The third kappa shape index (κ3) is 3.72. The fraction of sp³-hybridized carbons (Fsp3) is 0.429. The number of carboxylic acids is 1. The second-order valence-electron chi connectivity index (χ2n) is 8.76. The summed E-state index contributed by atoms with van der Waals surface area (Å²) in [6.45, 7) is 3.55. The summed E-state index contributed by atoms with van der Waals surface area (Å²) < 4.78 is 73.5. The molecule has 0 bridgehead atoms. The Hall–Kier alpha value is -3.06. The largest absolute Gasteiger partial charge is 0.534 e. The first-order chi connectivity index (χ1) is 15.7. The van der Waals surface area contributed by atoms with Gasteiger partial charge in [0.05, 0.1) is 23.9 Å². The topological polar surface area (TPSA) is 115 Å². The van der Waals surface area contributed by atoms with Gasteiger partial charge in [-0.25, -0.2) is 4.79 Å². The quantitative estimate of drug-likeness (QED) is 0.490. The highest BCUT2D eigenvalue weighted by Crippen LogP contribution is 2.49. The fourth-order valence-corrected chi connectivity index (χ4v) is 5.08. The number of methoxy groups -OCH3 is 1. The lowest BCUT2D eigenvalue weighted by molar-refractivity contribution is -0.0500. The molecule has 184 valence electrons. The van der Waals surface area contributed by atoms with Crippen LogP contribution in [0.5, 0.6) is 5.75 Å². The number of carbonyl (C=O) groups is 1. The molecule has 2 aliphatic heterocycles. The highest BCUT2D eigenvalue weighted by molar-refractivity contribution is 7.88. The Bertz CT molecular complexity index is 1350. The van der Waals surface area contributed by atoms with E-state index in [2.05, 4.69) is 4.18 Å². The molecule has 0 saturated carbocycles. The van der Waals surface area contributed by atoms with Crippen LogP contribution in [0.3, 0.4) is 0 Å². The molecule has 1 aromatic heterocycles. The normalized spacial score (nSPS) is 18.8. The molecule has 1 fully saturated rings. The Morgan fingerprint density at radius 1 is 1.26 bits per heavy atom. The maximum Gasteiger partial charge on any atom is 0.534 e. The summed E-state index contributed by atoms with van der Waals surface area (Å²) >= 11 is 0. The summed E-state index contributed by atoms with van der Waals surface area (Å²) in [5, 5.41) is 11.3. The number of halogens is 3. The molecule has 2 aromatic rings. The maximum absolute atomic E-state index is 13.0. The fourth-order valence-electron chi connectivity index (χ4n) is 4.59. The number of hydrogen-bond donors (Lipinski definition) is 1. The monoisotopic (exact) mass is 502 g/mol. The third-order valence-corrected chi connectivity index (χ3v) is 7.06. The summed E-state index contributed by atoms with van der Waals surface area (Å²) in [6.07, 6.45) is 2.42. The standard InChI is InChI=1S/C21H21F3N2O7S/c1-20(2)5-4-15-13-7-18(33-34(30,31)21(22,23)24)11(10-32-3)6-12(13)16-8-17(27)14(19(28)29)9-25(16)26(15)20/h6-9,15H,4-5,10H2,1-3H3,(H,28,29)/t15-/m1/s1. The number of rotatable bonds is 5. The Kier molecular flexibility index (Phi) is 5.48. The summed E-state index contributed by atoms with van der Waals surface area (Å²) in [5.41, 5.74) is -6.07. The van der Waals surface area contributed by atoms with E-state index in [0.29, 0.717) is 29.7 Å². The molecule has 2 aliphatic rings.